The number of benzene rings is 1. The van der Waals surface area contributed by atoms with Gasteiger partial charge in [-0.1, -0.05) is 18.5 Å². The molecule has 11 heteroatoms. The number of hydrogen-bond acceptors (Lipinski definition) is 4. The van der Waals surface area contributed by atoms with E-state index in [4.69, 9.17) is 11.6 Å². The molecule has 31 heavy (non-hydrogen) atoms. The molecule has 176 valence electrons. The summed E-state index contributed by atoms with van der Waals surface area (Å²) < 4.78 is 29.8. The fourth-order valence-electron chi connectivity index (χ4n) is 3.22. The monoisotopic (exact) mass is 573 g/mol. The van der Waals surface area contributed by atoms with Crippen LogP contribution in [0.3, 0.4) is 0 Å². The number of carbonyl (C=O) groups excluding carboxylic acids is 1. The lowest BCUT2D eigenvalue weighted by molar-refractivity contribution is -0.122. The van der Waals surface area contributed by atoms with Crippen LogP contribution in [0.15, 0.2) is 23.2 Å². The van der Waals surface area contributed by atoms with E-state index < -0.39 is 6.61 Å². The van der Waals surface area contributed by atoms with Crippen LogP contribution in [-0.4, -0.2) is 62.6 Å². The number of amides is 1. The van der Waals surface area contributed by atoms with Crippen LogP contribution in [0, 0.1) is 0 Å². The zero-order valence-electron chi connectivity index (χ0n) is 17.8. The lowest BCUT2D eigenvalue weighted by atomic mass is 10.1. The Hall–Kier alpha value is -1.40. The third-order valence-corrected chi connectivity index (χ3v) is 5.01. The zero-order valence-corrected chi connectivity index (χ0v) is 20.9. The molecule has 1 fully saturated rings. The van der Waals surface area contributed by atoms with Crippen LogP contribution >= 0.6 is 35.6 Å². The van der Waals surface area contributed by atoms with Crippen molar-refractivity contribution >= 4 is 47.4 Å². The van der Waals surface area contributed by atoms with Crippen molar-refractivity contribution in [2.75, 3.05) is 33.2 Å². The number of carbonyl (C=O) groups is 1. The number of aliphatic imine (C=N–C) groups is 1. The predicted octanol–water partition coefficient (Wildman–Crippen LogP) is 3.22. The zero-order chi connectivity index (χ0) is 21.9. The van der Waals surface area contributed by atoms with Gasteiger partial charge in [-0.05, 0) is 37.5 Å². The Bertz CT molecular complexity index is 719. The molecule has 1 saturated heterocycles. The molecular formula is C20H31ClF2IN5O2. The third-order valence-electron chi connectivity index (χ3n) is 4.78. The summed E-state index contributed by atoms with van der Waals surface area (Å²) >= 11 is 5.99. The molecule has 0 aromatic heterocycles. The molecule has 0 spiro atoms. The first kappa shape index (κ1) is 27.6. The minimum absolute atomic E-state index is 0. The first-order valence-corrected chi connectivity index (χ1v) is 10.5. The summed E-state index contributed by atoms with van der Waals surface area (Å²) in [5.41, 5.74) is 0.513. The van der Waals surface area contributed by atoms with Crippen molar-refractivity contribution in [3.05, 3.63) is 28.8 Å². The Morgan fingerprint density at radius 1 is 1.32 bits per heavy atom. The molecule has 7 nitrogen and oxygen atoms in total. The van der Waals surface area contributed by atoms with Gasteiger partial charge in [0.05, 0.1) is 6.54 Å². The molecule has 1 amide bonds. The highest BCUT2D eigenvalue weighted by molar-refractivity contribution is 14.0. The maximum atomic E-state index is 12.6. The Labute approximate surface area is 204 Å². The van der Waals surface area contributed by atoms with Gasteiger partial charge in [0.15, 0.2) is 5.96 Å². The van der Waals surface area contributed by atoms with Crippen molar-refractivity contribution in [1.82, 2.24) is 20.9 Å². The first-order valence-electron chi connectivity index (χ1n) is 10.1. The molecule has 2 rings (SSSR count). The highest BCUT2D eigenvalue weighted by Gasteiger charge is 2.21. The standard InChI is InChI=1S/C20H30ClF2N5O2.HI/c1-3-8-25-18(29)13-28-9-6-16(7-10-28)27-20(24-2)26-12-14-11-15(21)4-5-17(14)30-19(22)23;/h4-5,11,16,19H,3,6-10,12-13H2,1-2H3,(H,25,29)(H2,24,26,27);1H. The molecule has 0 atom stereocenters. The van der Waals surface area contributed by atoms with E-state index >= 15 is 0 Å². The molecule has 1 aromatic carbocycles. The van der Waals surface area contributed by atoms with Crippen molar-refractivity contribution in [2.45, 2.75) is 45.4 Å². The lowest BCUT2D eigenvalue weighted by Crippen LogP contribution is -2.50. The predicted molar refractivity (Wildman–Crippen MR) is 130 cm³/mol. The van der Waals surface area contributed by atoms with Gasteiger partial charge in [-0.3, -0.25) is 14.7 Å². The highest BCUT2D eigenvalue weighted by atomic mass is 127. The van der Waals surface area contributed by atoms with Gasteiger partial charge in [-0.15, -0.1) is 24.0 Å². The van der Waals surface area contributed by atoms with Gasteiger partial charge in [0.1, 0.15) is 5.75 Å². The molecule has 0 radical (unpaired) electrons. The number of guanidine groups is 1. The van der Waals surface area contributed by atoms with E-state index in [2.05, 4.69) is 30.6 Å². The van der Waals surface area contributed by atoms with Gasteiger partial charge in [-0.25, -0.2) is 0 Å². The van der Waals surface area contributed by atoms with Gasteiger partial charge >= 0.3 is 6.61 Å². The number of ether oxygens (including phenoxy) is 1. The summed E-state index contributed by atoms with van der Waals surface area (Å²) in [6, 6.07) is 4.73. The average molecular weight is 574 g/mol. The van der Waals surface area contributed by atoms with Gasteiger partial charge < -0.3 is 20.7 Å². The van der Waals surface area contributed by atoms with E-state index in [0.717, 1.165) is 32.4 Å². The molecule has 0 aliphatic carbocycles. The van der Waals surface area contributed by atoms with Crippen molar-refractivity contribution < 1.29 is 18.3 Å². The molecule has 1 heterocycles. The largest absolute Gasteiger partial charge is 0.434 e. The molecule has 1 aromatic rings. The number of piperidine rings is 1. The molecule has 1 aliphatic rings. The van der Waals surface area contributed by atoms with Crippen LogP contribution in [0.4, 0.5) is 8.78 Å². The second-order valence-electron chi connectivity index (χ2n) is 7.10. The second-order valence-corrected chi connectivity index (χ2v) is 7.54. The van der Waals surface area contributed by atoms with Gasteiger partial charge in [-0.2, -0.15) is 8.78 Å². The van der Waals surface area contributed by atoms with E-state index in [1.165, 1.54) is 12.1 Å². The summed E-state index contributed by atoms with van der Waals surface area (Å²) in [6.45, 7) is 2.10. The van der Waals surface area contributed by atoms with E-state index in [1.54, 1.807) is 13.1 Å². The highest BCUT2D eigenvalue weighted by Crippen LogP contribution is 2.24. The molecule has 0 saturated carbocycles. The smallest absolute Gasteiger partial charge is 0.387 e. The van der Waals surface area contributed by atoms with E-state index in [0.29, 0.717) is 29.6 Å². The van der Waals surface area contributed by atoms with Crippen molar-refractivity contribution in [3.63, 3.8) is 0 Å². The maximum absolute atomic E-state index is 12.6. The second kappa shape index (κ2) is 14.6. The summed E-state index contributed by atoms with van der Waals surface area (Å²) in [7, 11) is 1.65. The maximum Gasteiger partial charge on any atom is 0.387 e. The van der Waals surface area contributed by atoms with Gasteiger partial charge in [0, 0.05) is 49.9 Å². The first-order chi connectivity index (χ1) is 14.4. The number of halogens is 4. The number of nitrogens with one attached hydrogen (secondary N) is 3. The van der Waals surface area contributed by atoms with E-state index in [-0.39, 0.29) is 48.2 Å². The van der Waals surface area contributed by atoms with Crippen molar-refractivity contribution in [1.29, 1.82) is 0 Å². The Morgan fingerprint density at radius 3 is 2.65 bits per heavy atom. The lowest BCUT2D eigenvalue weighted by Gasteiger charge is -2.32. The summed E-state index contributed by atoms with van der Waals surface area (Å²) in [4.78, 5) is 18.2. The van der Waals surface area contributed by atoms with Crippen LogP contribution in [-0.2, 0) is 11.3 Å². The molecule has 1 aliphatic heterocycles. The van der Waals surface area contributed by atoms with E-state index in [1.807, 2.05) is 6.92 Å². The SMILES string of the molecule is CCCNC(=O)CN1CCC(NC(=NC)NCc2cc(Cl)ccc2OC(F)F)CC1.I. The minimum atomic E-state index is -2.91. The van der Waals surface area contributed by atoms with Crippen LogP contribution in [0.1, 0.15) is 31.7 Å². The average Bonchev–Trinajstić information content (AvgIpc) is 2.72. The van der Waals surface area contributed by atoms with Crippen LogP contribution in [0.5, 0.6) is 5.75 Å². The Kier molecular flexibility index (Phi) is 13.0. The third kappa shape index (κ3) is 10.2. The summed E-state index contributed by atoms with van der Waals surface area (Å²) in [6.07, 6.45) is 2.67. The number of nitrogens with zero attached hydrogens (tertiary/aromatic N) is 2. The quantitative estimate of drug-likeness (QED) is 0.240. The van der Waals surface area contributed by atoms with E-state index in [9.17, 15) is 13.6 Å². The molecule has 3 N–H and O–H groups in total. The van der Waals surface area contributed by atoms with Crippen molar-refractivity contribution in [3.8, 4) is 5.75 Å². The van der Waals surface area contributed by atoms with Gasteiger partial charge in [0.25, 0.3) is 0 Å². The minimum Gasteiger partial charge on any atom is -0.434 e. The van der Waals surface area contributed by atoms with Crippen LogP contribution < -0.4 is 20.7 Å². The molecular weight excluding hydrogens is 543 g/mol. The number of likely N-dealkylation sites (tertiary alicyclic amines) is 1. The fraction of sp³-hybridized carbons (Fsp3) is 0.600. The van der Waals surface area contributed by atoms with Gasteiger partial charge in [0.2, 0.25) is 5.91 Å². The normalized spacial score (nSPS) is 15.4. The summed E-state index contributed by atoms with van der Waals surface area (Å²) in [5.74, 6) is 0.702. The summed E-state index contributed by atoms with van der Waals surface area (Å²) in [5, 5.41) is 9.80. The van der Waals surface area contributed by atoms with Crippen molar-refractivity contribution in [2.24, 2.45) is 4.99 Å². The Morgan fingerprint density at radius 2 is 2.03 bits per heavy atom. The fourth-order valence-corrected chi connectivity index (χ4v) is 3.42. The van der Waals surface area contributed by atoms with Crippen LogP contribution in [0.2, 0.25) is 5.02 Å². The molecule has 0 bridgehead atoms. The topological polar surface area (TPSA) is 78.0 Å². The Balaban J connectivity index is 0.00000480. The molecule has 0 unspecified atom stereocenters. The number of hydrogen-bond donors (Lipinski definition) is 3. The van der Waals surface area contributed by atoms with Crippen LogP contribution in [0.25, 0.3) is 0 Å². The number of rotatable bonds is 9. The number of alkyl halides is 2.